The summed E-state index contributed by atoms with van der Waals surface area (Å²) in [6.45, 7) is 6.63. The van der Waals surface area contributed by atoms with Gasteiger partial charge in [0.05, 0.1) is 16.7 Å². The number of halogens is 1. The summed E-state index contributed by atoms with van der Waals surface area (Å²) in [4.78, 5) is 40.3. The standard InChI is InChI=1S/C13H16IN2O5/c1-12(2)9(10(14)13(3,4)16(12)20)11(19)21-15-7(17)5-6-8(15)18/h5-6H2,1-4H3. The maximum atomic E-state index is 12.4. The summed E-state index contributed by atoms with van der Waals surface area (Å²) in [5, 5.41) is 13.7. The van der Waals surface area contributed by atoms with Gasteiger partial charge in [0.15, 0.2) is 0 Å². The van der Waals surface area contributed by atoms with Crippen LogP contribution >= 0.6 is 22.6 Å². The fourth-order valence-electron chi connectivity index (χ4n) is 2.59. The molecule has 7 nitrogen and oxygen atoms in total. The van der Waals surface area contributed by atoms with Crippen molar-refractivity contribution in [3.8, 4) is 0 Å². The lowest BCUT2D eigenvalue weighted by atomic mass is 9.97. The summed E-state index contributed by atoms with van der Waals surface area (Å²) < 4.78 is 0.546. The fraction of sp³-hybridized carbons (Fsp3) is 0.615. The Kier molecular flexibility index (Phi) is 3.92. The quantitative estimate of drug-likeness (QED) is 0.512. The van der Waals surface area contributed by atoms with Crippen molar-refractivity contribution >= 4 is 40.4 Å². The van der Waals surface area contributed by atoms with Crippen LogP contribution in [0.2, 0.25) is 0 Å². The molecular weight excluding hydrogens is 391 g/mol. The van der Waals surface area contributed by atoms with Crippen LogP contribution < -0.4 is 0 Å². The van der Waals surface area contributed by atoms with Gasteiger partial charge >= 0.3 is 5.97 Å². The van der Waals surface area contributed by atoms with Crippen LogP contribution in [0.15, 0.2) is 9.15 Å². The van der Waals surface area contributed by atoms with Crippen molar-refractivity contribution in [2.45, 2.75) is 51.6 Å². The first-order valence-corrected chi connectivity index (χ1v) is 7.55. The van der Waals surface area contributed by atoms with E-state index in [1.165, 1.54) is 0 Å². The van der Waals surface area contributed by atoms with Crippen molar-refractivity contribution in [1.82, 2.24) is 10.1 Å². The molecule has 115 valence electrons. The zero-order chi connectivity index (χ0) is 16.2. The average molecular weight is 407 g/mol. The molecule has 2 rings (SSSR count). The summed E-state index contributed by atoms with van der Waals surface area (Å²) in [7, 11) is 0. The van der Waals surface area contributed by atoms with Crippen molar-refractivity contribution in [3.63, 3.8) is 0 Å². The van der Waals surface area contributed by atoms with E-state index in [0.29, 0.717) is 8.64 Å². The van der Waals surface area contributed by atoms with Crippen molar-refractivity contribution in [2.24, 2.45) is 0 Å². The summed E-state index contributed by atoms with van der Waals surface area (Å²) in [6.07, 6.45) is 0.0651. The van der Waals surface area contributed by atoms with E-state index in [9.17, 15) is 19.6 Å². The molecule has 1 saturated heterocycles. The van der Waals surface area contributed by atoms with Gasteiger partial charge < -0.3 is 4.84 Å². The Morgan fingerprint density at radius 2 is 1.57 bits per heavy atom. The van der Waals surface area contributed by atoms with Gasteiger partial charge in [0, 0.05) is 16.4 Å². The second kappa shape index (κ2) is 5.03. The molecule has 1 radical (unpaired) electrons. The molecule has 0 aromatic heterocycles. The summed E-state index contributed by atoms with van der Waals surface area (Å²) >= 11 is 1.94. The maximum absolute atomic E-state index is 12.4. The van der Waals surface area contributed by atoms with Gasteiger partial charge in [0.1, 0.15) is 0 Å². The van der Waals surface area contributed by atoms with Crippen LogP contribution in [0.25, 0.3) is 0 Å². The summed E-state index contributed by atoms with van der Waals surface area (Å²) in [5.41, 5.74) is -1.78. The van der Waals surface area contributed by atoms with Crippen molar-refractivity contribution in [2.75, 3.05) is 0 Å². The Morgan fingerprint density at radius 1 is 1.10 bits per heavy atom. The molecule has 0 aromatic carbocycles. The number of hydrogen-bond donors (Lipinski definition) is 0. The Bertz CT molecular complexity index is 551. The molecule has 0 aromatic rings. The molecule has 1 fully saturated rings. The molecule has 0 atom stereocenters. The third-order valence-corrected chi connectivity index (χ3v) is 5.63. The van der Waals surface area contributed by atoms with E-state index in [-0.39, 0.29) is 18.4 Å². The van der Waals surface area contributed by atoms with Crippen LogP contribution in [-0.2, 0) is 24.4 Å². The molecule has 2 heterocycles. The topological polar surface area (TPSA) is 86.8 Å². The van der Waals surface area contributed by atoms with Crippen LogP contribution in [-0.4, -0.2) is 39.0 Å². The zero-order valence-corrected chi connectivity index (χ0v) is 14.4. The zero-order valence-electron chi connectivity index (χ0n) is 12.2. The third kappa shape index (κ3) is 2.38. The second-order valence-electron chi connectivity index (χ2n) is 6.06. The molecule has 2 amide bonds. The van der Waals surface area contributed by atoms with Crippen LogP contribution in [0.5, 0.6) is 0 Å². The molecule has 0 N–H and O–H groups in total. The molecule has 0 aliphatic carbocycles. The van der Waals surface area contributed by atoms with Gasteiger partial charge in [-0.3, -0.25) is 9.59 Å². The number of hydrogen-bond acceptors (Lipinski definition) is 5. The van der Waals surface area contributed by atoms with Crippen LogP contribution in [0, 0.1) is 0 Å². The molecule has 2 aliphatic heterocycles. The predicted octanol–water partition coefficient (Wildman–Crippen LogP) is 1.50. The molecule has 0 spiro atoms. The van der Waals surface area contributed by atoms with Crippen molar-refractivity contribution in [1.29, 1.82) is 0 Å². The maximum Gasteiger partial charge on any atom is 0.362 e. The van der Waals surface area contributed by atoms with E-state index in [2.05, 4.69) is 0 Å². The smallest absolute Gasteiger partial charge is 0.325 e. The lowest BCUT2D eigenvalue weighted by Crippen LogP contribution is -2.48. The van der Waals surface area contributed by atoms with E-state index in [0.717, 1.165) is 5.06 Å². The second-order valence-corrected chi connectivity index (χ2v) is 7.14. The first-order valence-electron chi connectivity index (χ1n) is 6.47. The van der Waals surface area contributed by atoms with E-state index >= 15 is 0 Å². The minimum Gasteiger partial charge on any atom is -0.325 e. The predicted molar refractivity (Wildman–Crippen MR) is 78.9 cm³/mol. The monoisotopic (exact) mass is 407 g/mol. The Morgan fingerprint density at radius 3 is 1.95 bits per heavy atom. The molecule has 0 saturated carbocycles. The largest absolute Gasteiger partial charge is 0.362 e. The number of hydroxylamine groups is 4. The normalized spacial score (nSPS) is 25.0. The number of imide groups is 1. The lowest BCUT2D eigenvalue weighted by molar-refractivity contribution is -0.240. The van der Waals surface area contributed by atoms with E-state index in [1.54, 1.807) is 27.7 Å². The molecule has 0 unspecified atom stereocenters. The molecule has 21 heavy (non-hydrogen) atoms. The fourth-order valence-corrected chi connectivity index (χ4v) is 3.69. The van der Waals surface area contributed by atoms with E-state index in [4.69, 9.17) is 4.84 Å². The lowest BCUT2D eigenvalue weighted by Gasteiger charge is -2.33. The average Bonchev–Trinajstić information content (AvgIpc) is 2.73. The molecule has 2 aliphatic rings. The summed E-state index contributed by atoms with van der Waals surface area (Å²) in [6, 6.07) is 0. The van der Waals surface area contributed by atoms with Crippen LogP contribution in [0.4, 0.5) is 0 Å². The highest BCUT2D eigenvalue weighted by molar-refractivity contribution is 14.1. The van der Waals surface area contributed by atoms with E-state index < -0.39 is 28.9 Å². The number of nitrogens with zero attached hydrogens (tertiary/aromatic N) is 2. The molecule has 0 bridgehead atoms. The Balaban J connectivity index is 2.32. The van der Waals surface area contributed by atoms with Crippen LogP contribution in [0.1, 0.15) is 40.5 Å². The van der Waals surface area contributed by atoms with E-state index in [1.807, 2.05) is 22.6 Å². The minimum absolute atomic E-state index is 0.0326. The van der Waals surface area contributed by atoms with Gasteiger partial charge in [0.2, 0.25) is 0 Å². The van der Waals surface area contributed by atoms with Gasteiger partial charge in [-0.05, 0) is 50.3 Å². The molecular formula is C13H16IN2O5. The number of amides is 2. The van der Waals surface area contributed by atoms with Gasteiger partial charge in [-0.2, -0.15) is 0 Å². The van der Waals surface area contributed by atoms with Gasteiger partial charge in [-0.1, -0.05) is 0 Å². The van der Waals surface area contributed by atoms with Gasteiger partial charge in [0.25, 0.3) is 11.8 Å². The number of carbonyl (C=O) groups is 3. The third-order valence-electron chi connectivity index (χ3n) is 3.77. The Labute approximate surface area is 135 Å². The van der Waals surface area contributed by atoms with Gasteiger partial charge in [-0.15, -0.1) is 15.3 Å². The first-order chi connectivity index (χ1) is 9.51. The highest BCUT2D eigenvalue weighted by Gasteiger charge is 2.54. The highest BCUT2D eigenvalue weighted by Crippen LogP contribution is 2.47. The SMILES string of the molecule is CC1(C)C(I)=C(C(=O)ON2C(=O)CCC2=O)C(C)(C)N1[O]. The van der Waals surface area contributed by atoms with Crippen LogP contribution in [0.3, 0.4) is 0 Å². The van der Waals surface area contributed by atoms with Crippen molar-refractivity contribution in [3.05, 3.63) is 9.15 Å². The van der Waals surface area contributed by atoms with Crippen molar-refractivity contribution < 1.29 is 24.4 Å². The number of carbonyl (C=O) groups excluding carboxylic acids is 3. The minimum atomic E-state index is -1.09. The highest BCUT2D eigenvalue weighted by atomic mass is 127. The summed E-state index contributed by atoms with van der Waals surface area (Å²) in [5.74, 6) is -1.92. The molecule has 8 heteroatoms. The number of rotatable bonds is 2. The Hall–Kier alpha value is -1.00. The van der Waals surface area contributed by atoms with Gasteiger partial charge in [-0.25, -0.2) is 4.79 Å². The first kappa shape index (κ1) is 16.4.